The van der Waals surface area contributed by atoms with Crippen LogP contribution < -0.4 is 10.2 Å². The molecular formula is C23H22FN3O3. The van der Waals surface area contributed by atoms with Gasteiger partial charge in [-0.3, -0.25) is 9.59 Å². The van der Waals surface area contributed by atoms with E-state index in [1.54, 1.807) is 23.1 Å². The number of hydrogen-bond donors (Lipinski definition) is 1. The van der Waals surface area contributed by atoms with Gasteiger partial charge in [0.1, 0.15) is 11.5 Å². The molecule has 154 valence electrons. The lowest BCUT2D eigenvalue weighted by atomic mass is 10.1. The van der Waals surface area contributed by atoms with Crippen LogP contribution in [0.15, 0.2) is 53.1 Å². The molecule has 0 bridgehead atoms. The van der Waals surface area contributed by atoms with Crippen LogP contribution in [0.1, 0.15) is 23.2 Å². The molecule has 6 nitrogen and oxygen atoms in total. The molecule has 1 aliphatic heterocycles. The number of carbonyl (C=O) groups excluding carboxylic acids is 2. The predicted molar refractivity (Wildman–Crippen MR) is 110 cm³/mol. The summed E-state index contributed by atoms with van der Waals surface area (Å²) in [7, 11) is 0. The van der Waals surface area contributed by atoms with Gasteiger partial charge in [0.05, 0.1) is 12.5 Å². The summed E-state index contributed by atoms with van der Waals surface area (Å²) < 4.78 is 18.3. The summed E-state index contributed by atoms with van der Waals surface area (Å²) in [5.41, 5.74) is 4.34. The smallest absolute Gasteiger partial charge is 0.227 e. The van der Waals surface area contributed by atoms with Gasteiger partial charge in [0, 0.05) is 30.3 Å². The minimum Gasteiger partial charge on any atom is -0.356 e. The lowest BCUT2D eigenvalue weighted by molar-refractivity contribution is -0.126. The third-order valence-electron chi connectivity index (χ3n) is 5.43. The Morgan fingerprint density at radius 3 is 2.67 bits per heavy atom. The van der Waals surface area contributed by atoms with Gasteiger partial charge in [-0.15, -0.1) is 0 Å². The molecule has 3 aromatic rings. The van der Waals surface area contributed by atoms with Gasteiger partial charge < -0.3 is 14.7 Å². The quantitative estimate of drug-likeness (QED) is 0.699. The average Bonchev–Trinajstić information content (AvgIpc) is 3.36. The van der Waals surface area contributed by atoms with Gasteiger partial charge in [-0.1, -0.05) is 11.2 Å². The molecule has 30 heavy (non-hydrogen) atoms. The highest BCUT2D eigenvalue weighted by atomic mass is 19.1. The van der Waals surface area contributed by atoms with E-state index in [2.05, 4.69) is 10.5 Å². The Balaban J connectivity index is 1.36. The fourth-order valence-electron chi connectivity index (χ4n) is 3.49. The van der Waals surface area contributed by atoms with Crippen LogP contribution >= 0.6 is 0 Å². The third kappa shape index (κ3) is 4.10. The van der Waals surface area contributed by atoms with E-state index in [1.165, 1.54) is 12.1 Å². The standard InChI is InChI=1S/C23H22FN3O3/c1-14-3-8-20(9-15(14)2)27-13-17(10-22(27)28)23(29)25-12-19-11-21(30-26-19)16-4-6-18(24)7-5-16/h3-9,11,17H,10,12-13H2,1-2H3,(H,25,29). The first-order valence-corrected chi connectivity index (χ1v) is 9.77. The maximum Gasteiger partial charge on any atom is 0.227 e. The number of benzene rings is 2. The van der Waals surface area contributed by atoms with Crippen molar-refractivity contribution in [1.82, 2.24) is 10.5 Å². The maximum absolute atomic E-state index is 13.0. The van der Waals surface area contributed by atoms with Crippen molar-refractivity contribution in [3.8, 4) is 11.3 Å². The zero-order valence-corrected chi connectivity index (χ0v) is 16.8. The molecule has 7 heteroatoms. The predicted octanol–water partition coefficient (Wildman–Crippen LogP) is 3.77. The fourth-order valence-corrected chi connectivity index (χ4v) is 3.49. The summed E-state index contributed by atoms with van der Waals surface area (Å²) in [6.45, 7) is 4.57. The van der Waals surface area contributed by atoms with Crippen molar-refractivity contribution in [2.45, 2.75) is 26.8 Å². The number of aryl methyl sites for hydroxylation is 2. The molecule has 0 radical (unpaired) electrons. The Labute approximate surface area is 173 Å². The normalized spacial score (nSPS) is 16.2. The van der Waals surface area contributed by atoms with Crippen molar-refractivity contribution in [3.63, 3.8) is 0 Å². The van der Waals surface area contributed by atoms with E-state index in [4.69, 9.17) is 4.52 Å². The van der Waals surface area contributed by atoms with Crippen molar-refractivity contribution in [1.29, 1.82) is 0 Å². The number of carbonyl (C=O) groups is 2. The molecule has 1 fully saturated rings. The monoisotopic (exact) mass is 407 g/mol. The highest BCUT2D eigenvalue weighted by Gasteiger charge is 2.35. The fraction of sp³-hybridized carbons (Fsp3) is 0.261. The van der Waals surface area contributed by atoms with Crippen molar-refractivity contribution in [2.24, 2.45) is 5.92 Å². The summed E-state index contributed by atoms with van der Waals surface area (Å²) in [6, 6.07) is 13.5. The minimum absolute atomic E-state index is 0.0570. The second-order valence-corrected chi connectivity index (χ2v) is 7.58. The van der Waals surface area contributed by atoms with Crippen LogP contribution in [0.5, 0.6) is 0 Å². The topological polar surface area (TPSA) is 75.4 Å². The molecule has 2 aromatic carbocycles. The molecule has 1 saturated heterocycles. The molecule has 1 aliphatic rings. The van der Waals surface area contributed by atoms with Gasteiger partial charge in [0.15, 0.2) is 5.76 Å². The molecule has 1 unspecified atom stereocenters. The molecule has 2 amide bonds. The van der Waals surface area contributed by atoms with Crippen LogP contribution in [0.25, 0.3) is 11.3 Å². The highest BCUT2D eigenvalue weighted by Crippen LogP contribution is 2.27. The zero-order valence-electron chi connectivity index (χ0n) is 16.8. The maximum atomic E-state index is 13.0. The second kappa shape index (κ2) is 8.10. The lowest BCUT2D eigenvalue weighted by Crippen LogP contribution is -2.32. The summed E-state index contributed by atoms with van der Waals surface area (Å²) in [5, 5.41) is 6.78. The molecule has 0 aliphatic carbocycles. The molecular weight excluding hydrogens is 385 g/mol. The molecule has 2 heterocycles. The highest BCUT2D eigenvalue weighted by molar-refractivity contribution is 6.00. The van der Waals surface area contributed by atoms with E-state index in [9.17, 15) is 14.0 Å². The Bertz CT molecular complexity index is 1090. The third-order valence-corrected chi connectivity index (χ3v) is 5.43. The molecule has 0 spiro atoms. The van der Waals surface area contributed by atoms with Gasteiger partial charge in [0.2, 0.25) is 11.8 Å². The number of aromatic nitrogens is 1. The van der Waals surface area contributed by atoms with Crippen LogP contribution in [0.3, 0.4) is 0 Å². The molecule has 1 aromatic heterocycles. The zero-order chi connectivity index (χ0) is 21.3. The largest absolute Gasteiger partial charge is 0.356 e. The van der Waals surface area contributed by atoms with Crippen molar-refractivity contribution < 1.29 is 18.5 Å². The number of anilines is 1. The van der Waals surface area contributed by atoms with E-state index in [0.717, 1.165) is 16.8 Å². The summed E-state index contributed by atoms with van der Waals surface area (Å²) >= 11 is 0. The van der Waals surface area contributed by atoms with E-state index in [1.807, 2.05) is 32.0 Å². The van der Waals surface area contributed by atoms with E-state index in [0.29, 0.717) is 23.6 Å². The Morgan fingerprint density at radius 1 is 1.17 bits per heavy atom. The average molecular weight is 407 g/mol. The SMILES string of the molecule is Cc1ccc(N2CC(C(=O)NCc3cc(-c4ccc(F)cc4)on3)CC2=O)cc1C. The number of rotatable bonds is 5. The molecule has 0 saturated carbocycles. The van der Waals surface area contributed by atoms with Crippen LogP contribution in [0.4, 0.5) is 10.1 Å². The van der Waals surface area contributed by atoms with E-state index >= 15 is 0 Å². The Morgan fingerprint density at radius 2 is 1.93 bits per heavy atom. The van der Waals surface area contributed by atoms with E-state index in [-0.39, 0.29) is 30.6 Å². The van der Waals surface area contributed by atoms with Gasteiger partial charge in [-0.05, 0) is 61.4 Å². The van der Waals surface area contributed by atoms with Crippen molar-refractivity contribution in [3.05, 3.63) is 71.2 Å². The van der Waals surface area contributed by atoms with Crippen LogP contribution in [0.2, 0.25) is 0 Å². The Kier molecular flexibility index (Phi) is 5.35. The van der Waals surface area contributed by atoms with Crippen LogP contribution in [0, 0.1) is 25.6 Å². The first-order chi connectivity index (χ1) is 14.4. The number of nitrogens with zero attached hydrogens (tertiary/aromatic N) is 2. The molecule has 4 rings (SSSR count). The molecule has 1 N–H and O–H groups in total. The first-order valence-electron chi connectivity index (χ1n) is 9.77. The number of nitrogens with one attached hydrogen (secondary N) is 1. The first kappa shape index (κ1) is 19.8. The van der Waals surface area contributed by atoms with Crippen LogP contribution in [-0.2, 0) is 16.1 Å². The van der Waals surface area contributed by atoms with Crippen molar-refractivity contribution in [2.75, 3.05) is 11.4 Å². The minimum atomic E-state index is -0.414. The summed E-state index contributed by atoms with van der Waals surface area (Å²) in [6.07, 6.45) is 0.179. The molecule has 1 atom stereocenters. The van der Waals surface area contributed by atoms with Gasteiger partial charge in [-0.25, -0.2) is 4.39 Å². The van der Waals surface area contributed by atoms with Gasteiger partial charge in [0.25, 0.3) is 0 Å². The van der Waals surface area contributed by atoms with E-state index < -0.39 is 5.92 Å². The number of halogens is 1. The second-order valence-electron chi connectivity index (χ2n) is 7.58. The summed E-state index contributed by atoms with van der Waals surface area (Å²) in [5.74, 6) is -0.495. The van der Waals surface area contributed by atoms with Crippen LogP contribution in [-0.4, -0.2) is 23.5 Å². The van der Waals surface area contributed by atoms with Gasteiger partial charge in [-0.2, -0.15) is 0 Å². The number of amides is 2. The Hall–Kier alpha value is -3.48. The summed E-state index contributed by atoms with van der Waals surface area (Å²) in [4.78, 5) is 26.7. The lowest BCUT2D eigenvalue weighted by Gasteiger charge is -2.18. The van der Waals surface area contributed by atoms with Crippen molar-refractivity contribution >= 4 is 17.5 Å². The van der Waals surface area contributed by atoms with Gasteiger partial charge >= 0.3 is 0 Å². The number of hydrogen-bond acceptors (Lipinski definition) is 4.